The Morgan fingerprint density at radius 2 is 2.15 bits per heavy atom. The van der Waals surface area contributed by atoms with Crippen LogP contribution in [0.3, 0.4) is 0 Å². The molecule has 3 heteroatoms. The van der Waals surface area contributed by atoms with Gasteiger partial charge in [-0.2, -0.15) is 11.8 Å². The Labute approximate surface area is 126 Å². The quantitative estimate of drug-likeness (QED) is 0.916. The molecule has 4 atom stereocenters. The minimum atomic E-state index is 0.169. The molecule has 0 amide bonds. The number of nitrogens with two attached hydrogens (primary N) is 1. The first-order chi connectivity index (χ1) is 9.67. The second-order valence-electron chi connectivity index (χ2n) is 6.36. The van der Waals surface area contributed by atoms with Gasteiger partial charge in [0.15, 0.2) is 0 Å². The van der Waals surface area contributed by atoms with Crippen LogP contribution in [0.4, 0.5) is 0 Å². The minimum Gasteiger partial charge on any atom is -0.497 e. The monoisotopic (exact) mass is 291 g/mol. The molecule has 0 saturated heterocycles. The van der Waals surface area contributed by atoms with E-state index in [1.54, 1.807) is 7.11 Å². The zero-order chi connectivity index (χ0) is 14.1. The second kappa shape index (κ2) is 5.98. The molecule has 4 unspecified atom stereocenters. The number of thioether (sulfide) groups is 1. The summed E-state index contributed by atoms with van der Waals surface area (Å²) < 4.78 is 5.32. The van der Waals surface area contributed by atoms with Gasteiger partial charge in [-0.3, -0.25) is 0 Å². The van der Waals surface area contributed by atoms with Gasteiger partial charge in [0.1, 0.15) is 5.75 Å². The van der Waals surface area contributed by atoms with E-state index in [0.29, 0.717) is 5.25 Å². The Balaban J connectivity index is 1.68. The number of rotatable bonds is 3. The van der Waals surface area contributed by atoms with Gasteiger partial charge < -0.3 is 10.5 Å². The van der Waals surface area contributed by atoms with Gasteiger partial charge in [-0.15, -0.1) is 0 Å². The lowest BCUT2D eigenvalue weighted by atomic mass is 9.91. The molecule has 0 radical (unpaired) electrons. The first-order valence-corrected chi connectivity index (χ1v) is 8.69. The molecule has 2 aliphatic carbocycles. The number of ether oxygens (including phenoxy) is 1. The van der Waals surface area contributed by atoms with E-state index in [2.05, 4.69) is 36.9 Å². The van der Waals surface area contributed by atoms with Gasteiger partial charge >= 0.3 is 0 Å². The fourth-order valence-corrected chi connectivity index (χ4v) is 5.45. The Morgan fingerprint density at radius 1 is 1.30 bits per heavy atom. The number of hydrogen-bond acceptors (Lipinski definition) is 3. The summed E-state index contributed by atoms with van der Waals surface area (Å²) in [6.45, 7) is 2.39. The molecule has 0 aliphatic heterocycles. The number of methoxy groups -OCH3 is 1. The summed E-state index contributed by atoms with van der Waals surface area (Å²) in [5.74, 6) is 1.82. The van der Waals surface area contributed by atoms with Crippen molar-refractivity contribution in [1.82, 2.24) is 0 Å². The van der Waals surface area contributed by atoms with E-state index in [4.69, 9.17) is 10.5 Å². The lowest BCUT2D eigenvalue weighted by Crippen LogP contribution is -2.24. The lowest BCUT2D eigenvalue weighted by molar-refractivity contribution is 0.393. The van der Waals surface area contributed by atoms with Gasteiger partial charge in [0.2, 0.25) is 0 Å². The van der Waals surface area contributed by atoms with Crippen molar-refractivity contribution in [3.8, 4) is 5.75 Å². The van der Waals surface area contributed by atoms with E-state index in [-0.39, 0.29) is 6.04 Å². The van der Waals surface area contributed by atoms with Crippen LogP contribution >= 0.6 is 11.8 Å². The third-order valence-corrected chi connectivity index (χ3v) is 6.41. The molecule has 1 aromatic rings. The molecule has 3 rings (SSSR count). The Bertz CT molecular complexity index is 476. The molecule has 1 fully saturated rings. The van der Waals surface area contributed by atoms with Gasteiger partial charge in [-0.05, 0) is 48.4 Å². The maximum atomic E-state index is 6.49. The van der Waals surface area contributed by atoms with Gasteiger partial charge in [0.25, 0.3) is 0 Å². The fourth-order valence-electron chi connectivity index (χ4n) is 3.62. The van der Waals surface area contributed by atoms with Crippen LogP contribution in [0.1, 0.15) is 49.8 Å². The standard InChI is InChI=1S/C17H25NOS/c1-11-4-3-5-14(8-11)20-16-9-12-6-7-13(19-2)10-15(12)17(16)18/h6-7,10-11,14,16-17H,3-5,8-9,18H2,1-2H3. The second-order valence-corrected chi connectivity index (χ2v) is 7.91. The van der Waals surface area contributed by atoms with Crippen LogP contribution in [0.25, 0.3) is 0 Å². The third-order valence-electron chi connectivity index (χ3n) is 4.79. The Morgan fingerprint density at radius 3 is 2.90 bits per heavy atom. The number of fused-ring (bicyclic) bond motifs is 1. The minimum absolute atomic E-state index is 0.169. The van der Waals surface area contributed by atoms with Crippen LogP contribution in [0.15, 0.2) is 18.2 Å². The van der Waals surface area contributed by atoms with Crippen molar-refractivity contribution in [3.63, 3.8) is 0 Å². The topological polar surface area (TPSA) is 35.2 Å². The maximum Gasteiger partial charge on any atom is 0.119 e. The molecule has 0 heterocycles. The van der Waals surface area contributed by atoms with Gasteiger partial charge in [0.05, 0.1) is 7.11 Å². The third kappa shape index (κ3) is 2.84. The van der Waals surface area contributed by atoms with Crippen LogP contribution in [0.5, 0.6) is 5.75 Å². The van der Waals surface area contributed by atoms with Crippen LogP contribution in [-0.4, -0.2) is 17.6 Å². The highest BCUT2D eigenvalue weighted by atomic mass is 32.2. The van der Waals surface area contributed by atoms with Crippen molar-refractivity contribution in [2.24, 2.45) is 11.7 Å². The summed E-state index contributed by atoms with van der Waals surface area (Å²) in [5.41, 5.74) is 9.20. The highest BCUT2D eigenvalue weighted by Gasteiger charge is 2.33. The molecule has 2 nitrogen and oxygen atoms in total. The average molecular weight is 291 g/mol. The Hall–Kier alpha value is -0.670. The van der Waals surface area contributed by atoms with E-state index in [0.717, 1.165) is 23.3 Å². The normalized spacial score (nSPS) is 33.0. The molecule has 0 aromatic heterocycles. The van der Waals surface area contributed by atoms with Crippen molar-refractivity contribution in [1.29, 1.82) is 0 Å². The van der Waals surface area contributed by atoms with Crippen LogP contribution < -0.4 is 10.5 Å². The van der Waals surface area contributed by atoms with Crippen LogP contribution in [0.2, 0.25) is 0 Å². The number of hydrogen-bond donors (Lipinski definition) is 1. The van der Waals surface area contributed by atoms with E-state index in [9.17, 15) is 0 Å². The van der Waals surface area contributed by atoms with E-state index >= 15 is 0 Å². The molecule has 0 spiro atoms. The molecule has 20 heavy (non-hydrogen) atoms. The van der Waals surface area contributed by atoms with E-state index in [1.807, 2.05) is 0 Å². The zero-order valence-electron chi connectivity index (χ0n) is 12.5. The maximum absolute atomic E-state index is 6.49. The lowest BCUT2D eigenvalue weighted by Gasteiger charge is -2.29. The molecular weight excluding hydrogens is 266 g/mol. The molecular formula is C17H25NOS. The van der Waals surface area contributed by atoms with Crippen molar-refractivity contribution in [2.75, 3.05) is 7.11 Å². The summed E-state index contributed by atoms with van der Waals surface area (Å²) in [7, 11) is 1.72. The van der Waals surface area contributed by atoms with Crippen molar-refractivity contribution in [2.45, 2.75) is 55.6 Å². The molecule has 2 aliphatic rings. The number of benzene rings is 1. The van der Waals surface area contributed by atoms with Crippen molar-refractivity contribution < 1.29 is 4.74 Å². The first kappa shape index (κ1) is 14.3. The summed E-state index contributed by atoms with van der Waals surface area (Å²) in [4.78, 5) is 0. The van der Waals surface area contributed by atoms with E-state index < -0.39 is 0 Å². The zero-order valence-corrected chi connectivity index (χ0v) is 13.3. The molecule has 1 saturated carbocycles. The predicted octanol–water partition coefficient (Wildman–Crippen LogP) is 3.93. The molecule has 1 aromatic carbocycles. The summed E-state index contributed by atoms with van der Waals surface area (Å²) in [6.07, 6.45) is 6.66. The smallest absolute Gasteiger partial charge is 0.119 e. The summed E-state index contributed by atoms with van der Waals surface area (Å²) >= 11 is 2.14. The predicted molar refractivity (Wildman–Crippen MR) is 86.4 cm³/mol. The van der Waals surface area contributed by atoms with Gasteiger partial charge in [0, 0.05) is 16.5 Å². The van der Waals surface area contributed by atoms with Gasteiger partial charge in [-0.1, -0.05) is 25.8 Å². The van der Waals surface area contributed by atoms with Crippen LogP contribution in [0, 0.1) is 5.92 Å². The summed E-state index contributed by atoms with van der Waals surface area (Å²) in [5, 5.41) is 1.36. The highest BCUT2D eigenvalue weighted by molar-refractivity contribution is 8.00. The SMILES string of the molecule is COc1ccc2c(c1)C(N)C(SC1CCCC(C)C1)C2. The van der Waals surface area contributed by atoms with Gasteiger partial charge in [-0.25, -0.2) is 0 Å². The molecule has 2 N–H and O–H groups in total. The van der Waals surface area contributed by atoms with Crippen LogP contribution in [-0.2, 0) is 6.42 Å². The summed E-state index contributed by atoms with van der Waals surface area (Å²) in [6, 6.07) is 6.55. The molecule has 0 bridgehead atoms. The van der Waals surface area contributed by atoms with Crippen molar-refractivity contribution in [3.05, 3.63) is 29.3 Å². The fraction of sp³-hybridized carbons (Fsp3) is 0.647. The molecule has 110 valence electrons. The average Bonchev–Trinajstić information content (AvgIpc) is 2.75. The first-order valence-electron chi connectivity index (χ1n) is 7.75. The van der Waals surface area contributed by atoms with Crippen molar-refractivity contribution >= 4 is 11.8 Å². The largest absolute Gasteiger partial charge is 0.497 e. The highest BCUT2D eigenvalue weighted by Crippen LogP contribution is 2.43. The Kier molecular flexibility index (Phi) is 4.27. The van der Waals surface area contributed by atoms with E-state index in [1.165, 1.54) is 36.8 Å².